The molecular formula is C12H13BrFNO. The van der Waals surface area contributed by atoms with E-state index in [1.807, 2.05) is 11.8 Å². The van der Waals surface area contributed by atoms with Crippen molar-refractivity contribution in [3.8, 4) is 0 Å². The molecule has 2 atom stereocenters. The molecule has 0 bridgehead atoms. The lowest BCUT2D eigenvalue weighted by Gasteiger charge is -2.24. The molecule has 16 heavy (non-hydrogen) atoms. The van der Waals surface area contributed by atoms with E-state index in [9.17, 15) is 9.18 Å². The predicted molar refractivity (Wildman–Crippen MR) is 63.9 cm³/mol. The Hall–Kier alpha value is -0.900. The summed E-state index contributed by atoms with van der Waals surface area (Å²) in [6.45, 7) is 2.73. The van der Waals surface area contributed by atoms with E-state index in [0.29, 0.717) is 0 Å². The van der Waals surface area contributed by atoms with Crippen molar-refractivity contribution in [2.45, 2.75) is 24.2 Å². The quantitative estimate of drug-likeness (QED) is 0.765. The predicted octanol–water partition coefficient (Wildman–Crippen LogP) is 2.88. The first kappa shape index (κ1) is 11.6. The lowest BCUT2D eigenvalue weighted by molar-refractivity contribution is -0.128. The minimum atomic E-state index is -0.248. The molecule has 0 N–H and O–H groups in total. The molecule has 2 nitrogen and oxygen atoms in total. The summed E-state index contributed by atoms with van der Waals surface area (Å²) in [7, 11) is 0. The van der Waals surface area contributed by atoms with Crippen molar-refractivity contribution in [3.63, 3.8) is 0 Å². The van der Waals surface area contributed by atoms with Crippen molar-refractivity contribution in [3.05, 3.63) is 35.6 Å². The van der Waals surface area contributed by atoms with Crippen molar-refractivity contribution in [1.82, 2.24) is 4.90 Å². The molecular weight excluding hydrogens is 273 g/mol. The van der Waals surface area contributed by atoms with Gasteiger partial charge in [0.25, 0.3) is 0 Å². The van der Waals surface area contributed by atoms with Crippen molar-refractivity contribution < 1.29 is 9.18 Å². The van der Waals surface area contributed by atoms with E-state index >= 15 is 0 Å². The summed E-state index contributed by atoms with van der Waals surface area (Å²) in [6, 6.07) is 6.33. The van der Waals surface area contributed by atoms with Crippen LogP contribution in [0.15, 0.2) is 24.3 Å². The molecule has 86 valence electrons. The van der Waals surface area contributed by atoms with Gasteiger partial charge in [-0.15, -0.1) is 0 Å². The Balaban J connectivity index is 2.16. The highest BCUT2D eigenvalue weighted by Gasteiger charge is 2.32. The first-order chi connectivity index (χ1) is 7.59. The third-order valence-corrected chi connectivity index (χ3v) is 3.84. The smallest absolute Gasteiger partial charge is 0.236 e. The molecule has 1 heterocycles. The second-order valence-corrected chi connectivity index (χ2v) is 5.12. The average Bonchev–Trinajstić information content (AvgIpc) is 2.60. The Morgan fingerprint density at radius 1 is 1.44 bits per heavy atom. The molecule has 0 unspecified atom stereocenters. The number of carbonyl (C=O) groups is 1. The number of carbonyl (C=O) groups excluding carboxylic acids is 1. The molecule has 1 fully saturated rings. The summed E-state index contributed by atoms with van der Waals surface area (Å²) in [5.41, 5.74) is 0.969. The fourth-order valence-electron chi connectivity index (χ4n) is 1.97. The molecule has 1 aromatic rings. The molecule has 2 rings (SSSR count). The number of benzene rings is 1. The fourth-order valence-corrected chi connectivity index (χ4v) is 2.44. The lowest BCUT2D eigenvalue weighted by atomic mass is 10.1. The van der Waals surface area contributed by atoms with Crippen LogP contribution in [0.25, 0.3) is 0 Å². The van der Waals surface area contributed by atoms with Crippen LogP contribution in [0, 0.1) is 5.82 Å². The van der Waals surface area contributed by atoms with Crippen LogP contribution < -0.4 is 0 Å². The summed E-state index contributed by atoms with van der Waals surface area (Å²) >= 11 is 3.35. The third-order valence-electron chi connectivity index (χ3n) is 2.99. The molecule has 1 aliphatic heterocycles. The molecule has 0 spiro atoms. The van der Waals surface area contributed by atoms with Crippen LogP contribution in [0.1, 0.15) is 24.9 Å². The van der Waals surface area contributed by atoms with Crippen molar-refractivity contribution in [1.29, 1.82) is 0 Å². The van der Waals surface area contributed by atoms with Gasteiger partial charge in [-0.2, -0.15) is 0 Å². The highest BCUT2D eigenvalue weighted by atomic mass is 79.9. The Morgan fingerprint density at radius 3 is 2.56 bits per heavy atom. The van der Waals surface area contributed by atoms with Gasteiger partial charge in [0, 0.05) is 6.54 Å². The van der Waals surface area contributed by atoms with Crippen molar-refractivity contribution >= 4 is 21.8 Å². The summed E-state index contributed by atoms with van der Waals surface area (Å²) in [5, 5.41) is 0. The molecule has 0 aromatic heterocycles. The minimum Gasteiger partial charge on any atom is -0.335 e. The van der Waals surface area contributed by atoms with Gasteiger partial charge >= 0.3 is 0 Å². The van der Waals surface area contributed by atoms with Gasteiger partial charge in [0.05, 0.1) is 10.9 Å². The number of alkyl halides is 1. The maximum Gasteiger partial charge on any atom is 0.236 e. The van der Waals surface area contributed by atoms with Gasteiger partial charge in [-0.05, 0) is 31.0 Å². The number of nitrogens with zero attached hydrogens (tertiary/aromatic N) is 1. The molecule has 0 aliphatic carbocycles. The Morgan fingerprint density at radius 2 is 2.06 bits per heavy atom. The number of amides is 1. The van der Waals surface area contributed by atoms with E-state index < -0.39 is 0 Å². The SMILES string of the molecule is C[C@@H](c1ccc(F)cc1)N1CC[C@@H](Br)C1=O. The van der Waals surface area contributed by atoms with E-state index in [1.165, 1.54) is 12.1 Å². The molecule has 1 aromatic carbocycles. The van der Waals surface area contributed by atoms with Crippen molar-refractivity contribution in [2.24, 2.45) is 0 Å². The van der Waals surface area contributed by atoms with Crippen LogP contribution in [-0.2, 0) is 4.79 Å². The molecule has 1 amide bonds. The van der Waals surface area contributed by atoms with Gasteiger partial charge < -0.3 is 4.90 Å². The highest BCUT2D eigenvalue weighted by Crippen LogP contribution is 2.28. The first-order valence-electron chi connectivity index (χ1n) is 5.29. The van der Waals surface area contributed by atoms with Crippen LogP contribution in [0.5, 0.6) is 0 Å². The van der Waals surface area contributed by atoms with E-state index in [1.54, 1.807) is 12.1 Å². The maximum atomic E-state index is 12.8. The molecule has 0 saturated carbocycles. The van der Waals surface area contributed by atoms with Crippen LogP contribution in [0.4, 0.5) is 4.39 Å². The third kappa shape index (κ3) is 2.12. The van der Waals surface area contributed by atoms with E-state index in [-0.39, 0.29) is 22.6 Å². The number of likely N-dealkylation sites (tertiary alicyclic amines) is 1. The molecule has 0 radical (unpaired) electrons. The summed E-state index contributed by atoms with van der Waals surface area (Å²) in [6.07, 6.45) is 0.838. The lowest BCUT2D eigenvalue weighted by Crippen LogP contribution is -2.30. The van der Waals surface area contributed by atoms with Crippen LogP contribution in [-0.4, -0.2) is 22.2 Å². The van der Waals surface area contributed by atoms with Gasteiger partial charge in [-0.3, -0.25) is 4.79 Å². The second kappa shape index (κ2) is 4.53. The number of halogens is 2. The van der Waals surface area contributed by atoms with Crippen LogP contribution in [0.2, 0.25) is 0 Å². The Kier molecular flexibility index (Phi) is 3.28. The molecule has 4 heteroatoms. The highest BCUT2D eigenvalue weighted by molar-refractivity contribution is 9.10. The second-order valence-electron chi connectivity index (χ2n) is 4.02. The largest absolute Gasteiger partial charge is 0.335 e. The number of rotatable bonds is 2. The van der Waals surface area contributed by atoms with Gasteiger partial charge in [0.2, 0.25) is 5.91 Å². The fraction of sp³-hybridized carbons (Fsp3) is 0.417. The summed E-state index contributed by atoms with van der Waals surface area (Å²) in [5.74, 6) is -0.126. The van der Waals surface area contributed by atoms with Crippen LogP contribution in [0.3, 0.4) is 0 Å². The summed E-state index contributed by atoms with van der Waals surface area (Å²) in [4.78, 5) is 13.6. The van der Waals surface area contributed by atoms with Gasteiger partial charge in [-0.25, -0.2) is 4.39 Å². The topological polar surface area (TPSA) is 20.3 Å². The van der Waals surface area contributed by atoms with Gasteiger partial charge in [0.15, 0.2) is 0 Å². The minimum absolute atomic E-state index is 0.00986. The van der Waals surface area contributed by atoms with Crippen molar-refractivity contribution in [2.75, 3.05) is 6.54 Å². The Bertz CT molecular complexity index is 393. The number of hydrogen-bond donors (Lipinski definition) is 0. The monoisotopic (exact) mass is 285 g/mol. The Labute approximate surface area is 103 Å². The van der Waals surface area contributed by atoms with E-state index in [2.05, 4.69) is 15.9 Å². The maximum absolute atomic E-state index is 12.8. The van der Waals surface area contributed by atoms with Crippen LogP contribution >= 0.6 is 15.9 Å². The van der Waals surface area contributed by atoms with E-state index in [4.69, 9.17) is 0 Å². The standard InChI is InChI=1S/C12H13BrFNO/c1-8(9-2-4-10(14)5-3-9)15-7-6-11(13)12(15)16/h2-5,8,11H,6-7H2,1H3/t8-,11+/m0/s1. The average molecular weight is 286 g/mol. The zero-order valence-electron chi connectivity index (χ0n) is 8.99. The molecule has 1 aliphatic rings. The number of hydrogen-bond acceptors (Lipinski definition) is 1. The van der Waals surface area contributed by atoms with Gasteiger partial charge in [-0.1, -0.05) is 28.1 Å². The first-order valence-corrected chi connectivity index (χ1v) is 6.21. The van der Waals surface area contributed by atoms with Gasteiger partial charge in [0.1, 0.15) is 5.82 Å². The zero-order valence-corrected chi connectivity index (χ0v) is 10.6. The summed E-state index contributed by atoms with van der Waals surface area (Å²) < 4.78 is 12.8. The normalized spacial score (nSPS) is 22.6. The zero-order chi connectivity index (χ0) is 11.7. The molecule has 1 saturated heterocycles. The van der Waals surface area contributed by atoms with E-state index in [0.717, 1.165) is 18.5 Å².